The van der Waals surface area contributed by atoms with Gasteiger partial charge in [0.25, 0.3) is 0 Å². The highest BCUT2D eigenvalue weighted by molar-refractivity contribution is 7.14. The number of ketones is 1. The van der Waals surface area contributed by atoms with Crippen molar-refractivity contribution in [2.75, 3.05) is 11.4 Å². The number of nitrogens with zero attached hydrogens (tertiary/aromatic N) is 3. The van der Waals surface area contributed by atoms with E-state index in [2.05, 4.69) is 9.97 Å². The number of hydrogen-bond donors (Lipinski definition) is 0. The first kappa shape index (κ1) is 14.5. The molecule has 0 aliphatic carbocycles. The third kappa shape index (κ3) is 3.37. The summed E-state index contributed by atoms with van der Waals surface area (Å²) in [7, 11) is 0. The van der Waals surface area contributed by atoms with Crippen LogP contribution in [0.25, 0.3) is 6.08 Å². The lowest BCUT2D eigenvalue weighted by molar-refractivity contribution is -0.116. The average molecular weight is 307 g/mol. The van der Waals surface area contributed by atoms with E-state index in [1.165, 1.54) is 35.7 Å². The van der Waals surface area contributed by atoms with Crippen LogP contribution in [0.15, 0.2) is 23.0 Å². The van der Waals surface area contributed by atoms with E-state index < -0.39 is 0 Å². The molecule has 0 N–H and O–H groups in total. The van der Waals surface area contributed by atoms with Gasteiger partial charge in [-0.2, -0.15) is 0 Å². The van der Waals surface area contributed by atoms with E-state index in [-0.39, 0.29) is 11.7 Å². The molecule has 0 fully saturated rings. The number of hydrogen-bond acceptors (Lipinski definition) is 6. The van der Waals surface area contributed by atoms with Crippen LogP contribution in [0.3, 0.4) is 0 Å². The molecule has 20 heavy (non-hydrogen) atoms. The molecule has 0 aliphatic heterocycles. The molecule has 0 bridgehead atoms. The lowest BCUT2D eigenvalue weighted by atomic mass is 10.3. The summed E-state index contributed by atoms with van der Waals surface area (Å²) in [5.41, 5.74) is 0.662. The maximum atomic E-state index is 11.8. The van der Waals surface area contributed by atoms with Crippen LogP contribution in [0.4, 0.5) is 5.13 Å². The van der Waals surface area contributed by atoms with Crippen LogP contribution in [0.1, 0.15) is 29.3 Å². The van der Waals surface area contributed by atoms with Crippen molar-refractivity contribution in [1.29, 1.82) is 0 Å². The lowest BCUT2D eigenvalue weighted by Gasteiger charge is -2.14. The van der Waals surface area contributed by atoms with Gasteiger partial charge in [-0.05, 0) is 19.1 Å². The van der Waals surface area contributed by atoms with Gasteiger partial charge in [-0.1, -0.05) is 0 Å². The van der Waals surface area contributed by atoms with Crippen molar-refractivity contribution in [3.8, 4) is 0 Å². The summed E-state index contributed by atoms with van der Waals surface area (Å²) in [6.45, 7) is 3.97. The second-order valence-corrected chi connectivity index (χ2v) is 5.58. The maximum Gasteiger partial charge on any atom is 0.225 e. The highest BCUT2D eigenvalue weighted by Gasteiger charge is 2.12. The number of anilines is 1. The van der Waals surface area contributed by atoms with Crippen molar-refractivity contribution in [3.05, 3.63) is 33.7 Å². The molecule has 7 heteroatoms. The zero-order valence-electron chi connectivity index (χ0n) is 11.1. The summed E-state index contributed by atoms with van der Waals surface area (Å²) < 4.78 is 0. The molecule has 1 amide bonds. The predicted octanol–water partition coefficient (Wildman–Crippen LogP) is 2.87. The van der Waals surface area contributed by atoms with Crippen molar-refractivity contribution in [2.24, 2.45) is 0 Å². The molecule has 0 saturated heterocycles. The fourth-order valence-corrected chi connectivity index (χ4v) is 3.00. The summed E-state index contributed by atoms with van der Waals surface area (Å²) in [6, 6.07) is 0. The third-order valence-corrected chi connectivity index (χ3v) is 4.16. The smallest absolute Gasteiger partial charge is 0.225 e. The zero-order chi connectivity index (χ0) is 14.5. The Hall–Kier alpha value is -1.86. The number of amides is 1. The first-order valence-corrected chi connectivity index (χ1v) is 7.73. The number of carbonyl (C=O) groups is 2. The number of thiazole rings is 2. The average Bonchev–Trinajstić information content (AvgIpc) is 3.08. The summed E-state index contributed by atoms with van der Waals surface area (Å²) in [5.74, 6) is -0.190. The van der Waals surface area contributed by atoms with Crippen LogP contribution in [0, 0.1) is 0 Å². The van der Waals surface area contributed by atoms with E-state index in [4.69, 9.17) is 0 Å². The molecule has 0 atom stereocenters. The Bertz CT molecular complexity index is 632. The highest BCUT2D eigenvalue weighted by Crippen LogP contribution is 2.21. The molecular formula is C13H13N3O2S2. The highest BCUT2D eigenvalue weighted by atomic mass is 32.1. The van der Waals surface area contributed by atoms with E-state index in [0.717, 1.165) is 0 Å². The van der Waals surface area contributed by atoms with Crippen molar-refractivity contribution in [1.82, 2.24) is 9.97 Å². The van der Waals surface area contributed by atoms with Gasteiger partial charge in [-0.15, -0.1) is 22.7 Å². The summed E-state index contributed by atoms with van der Waals surface area (Å²) in [5, 5.41) is 4.66. The van der Waals surface area contributed by atoms with Gasteiger partial charge in [-0.3, -0.25) is 14.5 Å². The van der Waals surface area contributed by atoms with Gasteiger partial charge >= 0.3 is 0 Å². The van der Waals surface area contributed by atoms with E-state index in [0.29, 0.717) is 22.4 Å². The second kappa shape index (κ2) is 6.53. The molecule has 0 aliphatic rings. The first-order valence-electron chi connectivity index (χ1n) is 5.97. The molecule has 0 radical (unpaired) electrons. The van der Waals surface area contributed by atoms with Gasteiger partial charge in [-0.25, -0.2) is 9.97 Å². The molecule has 0 aromatic carbocycles. The maximum absolute atomic E-state index is 11.8. The van der Waals surface area contributed by atoms with Crippen LogP contribution in [0.5, 0.6) is 0 Å². The summed E-state index contributed by atoms with van der Waals surface area (Å²) >= 11 is 2.68. The monoisotopic (exact) mass is 307 g/mol. The number of carbonyl (C=O) groups excluding carboxylic acids is 2. The van der Waals surface area contributed by atoms with Gasteiger partial charge in [0, 0.05) is 30.4 Å². The number of aromatic nitrogens is 2. The Morgan fingerprint density at radius 2 is 2.20 bits per heavy atom. The van der Waals surface area contributed by atoms with Crippen LogP contribution in [0.2, 0.25) is 0 Å². The largest absolute Gasteiger partial charge is 0.289 e. The molecule has 0 saturated carbocycles. The Kier molecular flexibility index (Phi) is 4.75. The van der Waals surface area contributed by atoms with Crippen molar-refractivity contribution in [2.45, 2.75) is 13.8 Å². The van der Waals surface area contributed by atoms with E-state index in [9.17, 15) is 9.59 Å². The van der Waals surface area contributed by atoms with Gasteiger partial charge in [0.2, 0.25) is 11.7 Å². The fraction of sp³-hybridized carbons (Fsp3) is 0.231. The second-order valence-electron chi connectivity index (χ2n) is 3.85. The molecule has 2 heterocycles. The minimum atomic E-state index is -0.145. The number of rotatable bonds is 5. The van der Waals surface area contributed by atoms with E-state index in [1.54, 1.807) is 22.6 Å². The molecular weight excluding hydrogens is 294 g/mol. The standard InChI is InChI=1S/C13H13N3O2S2/c1-3-16(9(2)17)13-15-10(8-20-13)4-5-11(18)12-14-6-7-19-12/h4-8H,3H2,1-2H3/b5-4-. The minimum Gasteiger partial charge on any atom is -0.289 e. The van der Waals surface area contributed by atoms with Gasteiger partial charge in [0.05, 0.1) is 5.69 Å². The van der Waals surface area contributed by atoms with E-state index >= 15 is 0 Å². The van der Waals surface area contributed by atoms with E-state index in [1.807, 2.05) is 12.3 Å². The normalized spacial score (nSPS) is 10.9. The minimum absolute atomic E-state index is 0.0451. The van der Waals surface area contributed by atoms with Crippen LogP contribution >= 0.6 is 22.7 Å². The summed E-state index contributed by atoms with van der Waals surface area (Å²) in [6.07, 6.45) is 4.68. The number of allylic oxidation sites excluding steroid dienone is 1. The molecule has 2 aromatic heterocycles. The van der Waals surface area contributed by atoms with Crippen molar-refractivity contribution >= 4 is 45.6 Å². The predicted molar refractivity (Wildman–Crippen MR) is 81.3 cm³/mol. The zero-order valence-corrected chi connectivity index (χ0v) is 12.7. The van der Waals surface area contributed by atoms with Gasteiger partial charge in [0.1, 0.15) is 0 Å². The Labute approximate surface area is 124 Å². The first-order chi connectivity index (χ1) is 9.61. The van der Waals surface area contributed by atoms with Crippen molar-refractivity contribution < 1.29 is 9.59 Å². The molecule has 5 nitrogen and oxygen atoms in total. The Morgan fingerprint density at radius 3 is 2.80 bits per heavy atom. The topological polar surface area (TPSA) is 63.2 Å². The molecule has 0 unspecified atom stereocenters. The van der Waals surface area contributed by atoms with Crippen molar-refractivity contribution in [3.63, 3.8) is 0 Å². The van der Waals surface area contributed by atoms with Crippen LogP contribution < -0.4 is 4.90 Å². The van der Waals surface area contributed by atoms with Crippen LogP contribution in [-0.4, -0.2) is 28.2 Å². The third-order valence-electron chi connectivity index (χ3n) is 2.49. The molecule has 2 aromatic rings. The SMILES string of the molecule is CCN(C(C)=O)c1nc(/C=C\C(=O)c2nccs2)cs1. The molecule has 2 rings (SSSR count). The Morgan fingerprint density at radius 1 is 1.40 bits per heavy atom. The quantitative estimate of drug-likeness (QED) is 0.629. The van der Waals surface area contributed by atoms with Gasteiger partial charge < -0.3 is 0 Å². The van der Waals surface area contributed by atoms with Gasteiger partial charge in [0.15, 0.2) is 10.1 Å². The van der Waals surface area contributed by atoms with Crippen LogP contribution in [-0.2, 0) is 4.79 Å². The molecule has 0 spiro atoms. The Balaban J connectivity index is 2.10. The summed E-state index contributed by atoms with van der Waals surface area (Å²) in [4.78, 5) is 33.0. The molecule has 104 valence electrons. The lowest BCUT2D eigenvalue weighted by Crippen LogP contribution is -2.27. The fourth-order valence-electron chi connectivity index (χ4n) is 1.55.